The maximum atomic E-state index is 10.9. The van der Waals surface area contributed by atoms with E-state index in [1.54, 1.807) is 24.5 Å². The first kappa shape index (κ1) is 12.2. The Hall–Kier alpha value is -2.90. The lowest BCUT2D eigenvalue weighted by molar-refractivity contribution is -0.383. The van der Waals surface area contributed by atoms with Gasteiger partial charge >= 0.3 is 0 Å². The van der Waals surface area contributed by atoms with Crippen molar-refractivity contribution in [2.75, 3.05) is 11.9 Å². The second kappa shape index (κ2) is 5.00. The second-order valence-electron chi connectivity index (χ2n) is 4.11. The molecule has 0 atom stereocenters. The first-order chi connectivity index (χ1) is 9.74. The minimum Gasteiger partial charge on any atom is -0.423 e. The molecular weight excluding hydrogens is 262 g/mol. The summed E-state index contributed by atoms with van der Waals surface area (Å²) in [4.78, 5) is 21.6. The van der Waals surface area contributed by atoms with Crippen molar-refractivity contribution < 1.29 is 9.34 Å². The van der Waals surface area contributed by atoms with Gasteiger partial charge in [0, 0.05) is 31.4 Å². The van der Waals surface area contributed by atoms with E-state index >= 15 is 0 Å². The molecule has 3 rings (SSSR count). The summed E-state index contributed by atoms with van der Waals surface area (Å²) in [5.74, 6) is 0.847. The summed E-state index contributed by atoms with van der Waals surface area (Å²) in [5.41, 5.74) is 0.572. The van der Waals surface area contributed by atoms with Gasteiger partial charge in [-0.2, -0.15) is 4.98 Å². The Morgan fingerprint density at radius 1 is 1.45 bits per heavy atom. The van der Waals surface area contributed by atoms with Crippen LogP contribution in [0.5, 0.6) is 0 Å². The van der Waals surface area contributed by atoms with Gasteiger partial charge in [0.25, 0.3) is 11.7 Å². The summed E-state index contributed by atoms with van der Waals surface area (Å²) in [6.07, 6.45) is 4.10. The predicted molar refractivity (Wildman–Crippen MR) is 71.4 cm³/mol. The molecule has 0 aliphatic rings. The molecule has 3 aromatic rings. The number of benzene rings is 1. The molecule has 0 spiro atoms. The third-order valence-electron chi connectivity index (χ3n) is 2.79. The fourth-order valence-electron chi connectivity index (χ4n) is 1.88. The van der Waals surface area contributed by atoms with Crippen LogP contribution in [0.3, 0.4) is 0 Å². The molecule has 0 saturated heterocycles. The van der Waals surface area contributed by atoms with Crippen LogP contribution in [0.1, 0.15) is 5.82 Å². The van der Waals surface area contributed by atoms with Crippen LogP contribution < -0.4 is 5.32 Å². The van der Waals surface area contributed by atoms with Crippen LogP contribution in [0.25, 0.3) is 11.1 Å². The molecule has 1 aromatic carbocycles. The smallest absolute Gasteiger partial charge is 0.298 e. The average Bonchev–Trinajstić information content (AvgIpc) is 3.06. The molecular formula is C12H11N5O3. The second-order valence-corrected chi connectivity index (χ2v) is 4.11. The quantitative estimate of drug-likeness (QED) is 0.544. The van der Waals surface area contributed by atoms with Gasteiger partial charge in [0.2, 0.25) is 0 Å². The van der Waals surface area contributed by atoms with Crippen molar-refractivity contribution in [2.24, 2.45) is 0 Å². The number of para-hydroxylation sites is 1. The Bertz CT molecular complexity index is 735. The van der Waals surface area contributed by atoms with E-state index < -0.39 is 4.92 Å². The molecule has 20 heavy (non-hydrogen) atoms. The van der Waals surface area contributed by atoms with Gasteiger partial charge in [-0.05, 0) is 6.07 Å². The zero-order chi connectivity index (χ0) is 13.9. The Morgan fingerprint density at radius 2 is 2.35 bits per heavy atom. The van der Waals surface area contributed by atoms with Crippen molar-refractivity contribution in [1.82, 2.24) is 15.0 Å². The number of anilines is 1. The summed E-state index contributed by atoms with van der Waals surface area (Å²) in [6.45, 7) is 0.564. The minimum atomic E-state index is -0.475. The Kier molecular flexibility index (Phi) is 3.04. The van der Waals surface area contributed by atoms with Gasteiger partial charge in [-0.25, -0.2) is 4.98 Å². The lowest BCUT2D eigenvalue weighted by atomic mass is 10.3. The van der Waals surface area contributed by atoms with E-state index in [0.29, 0.717) is 18.5 Å². The third kappa shape index (κ3) is 2.30. The van der Waals surface area contributed by atoms with E-state index in [4.69, 9.17) is 4.42 Å². The van der Waals surface area contributed by atoms with Crippen LogP contribution in [0, 0.1) is 10.1 Å². The number of oxazole rings is 1. The molecule has 0 saturated carbocycles. The van der Waals surface area contributed by atoms with Crippen LogP contribution in [-0.2, 0) is 6.42 Å². The number of nitro groups is 1. The zero-order valence-corrected chi connectivity index (χ0v) is 10.4. The highest BCUT2D eigenvalue weighted by molar-refractivity contribution is 5.83. The van der Waals surface area contributed by atoms with Crippen LogP contribution in [0.2, 0.25) is 0 Å². The summed E-state index contributed by atoms with van der Waals surface area (Å²) < 4.78 is 5.42. The van der Waals surface area contributed by atoms with E-state index in [1.165, 1.54) is 6.07 Å². The number of non-ortho nitro benzene ring substituents is 1. The number of imidazole rings is 1. The Labute approximate surface area is 113 Å². The van der Waals surface area contributed by atoms with Crippen LogP contribution in [0.4, 0.5) is 11.7 Å². The van der Waals surface area contributed by atoms with Crippen molar-refractivity contribution in [1.29, 1.82) is 0 Å². The van der Waals surface area contributed by atoms with E-state index in [-0.39, 0.29) is 17.2 Å². The Balaban J connectivity index is 1.76. The normalized spacial score (nSPS) is 10.8. The maximum Gasteiger partial charge on any atom is 0.298 e. The molecule has 2 aromatic heterocycles. The van der Waals surface area contributed by atoms with Gasteiger partial charge in [0.15, 0.2) is 11.1 Å². The standard InChI is InChI=1S/C12H11N5O3/c18-17(19)8-2-1-3-9-11(8)16-12(20-9)15-5-4-10-13-6-7-14-10/h1-3,6-7H,4-5H2,(H,13,14)(H,15,16). The first-order valence-electron chi connectivity index (χ1n) is 6.00. The highest BCUT2D eigenvalue weighted by Crippen LogP contribution is 2.27. The highest BCUT2D eigenvalue weighted by atomic mass is 16.6. The number of rotatable bonds is 5. The number of H-pyrrole nitrogens is 1. The fourth-order valence-corrected chi connectivity index (χ4v) is 1.88. The van der Waals surface area contributed by atoms with E-state index in [2.05, 4.69) is 20.3 Å². The van der Waals surface area contributed by atoms with Crippen molar-refractivity contribution >= 4 is 22.8 Å². The lowest BCUT2D eigenvalue weighted by Gasteiger charge is -1.98. The van der Waals surface area contributed by atoms with Crippen molar-refractivity contribution in [3.63, 3.8) is 0 Å². The molecule has 2 heterocycles. The minimum absolute atomic E-state index is 0.0645. The average molecular weight is 273 g/mol. The molecule has 8 nitrogen and oxygen atoms in total. The maximum absolute atomic E-state index is 10.9. The molecule has 8 heteroatoms. The molecule has 0 unspecified atom stereocenters. The van der Waals surface area contributed by atoms with Crippen LogP contribution in [-0.4, -0.2) is 26.4 Å². The number of aromatic nitrogens is 3. The van der Waals surface area contributed by atoms with E-state index in [0.717, 1.165) is 5.82 Å². The summed E-state index contributed by atoms with van der Waals surface area (Å²) in [6, 6.07) is 4.88. The van der Waals surface area contributed by atoms with Gasteiger partial charge in [0.1, 0.15) is 5.82 Å². The fraction of sp³-hybridized carbons (Fsp3) is 0.167. The van der Waals surface area contributed by atoms with Gasteiger partial charge in [-0.3, -0.25) is 10.1 Å². The van der Waals surface area contributed by atoms with Crippen molar-refractivity contribution in [2.45, 2.75) is 6.42 Å². The third-order valence-corrected chi connectivity index (χ3v) is 2.79. The van der Waals surface area contributed by atoms with Gasteiger partial charge in [-0.15, -0.1) is 0 Å². The zero-order valence-electron chi connectivity index (χ0n) is 10.4. The number of hydrogen-bond donors (Lipinski definition) is 2. The largest absolute Gasteiger partial charge is 0.423 e. The monoisotopic (exact) mass is 273 g/mol. The SMILES string of the molecule is O=[N+]([O-])c1cccc2oc(NCCc3ncc[nH]3)nc12. The number of fused-ring (bicyclic) bond motifs is 1. The summed E-state index contributed by atoms with van der Waals surface area (Å²) in [7, 11) is 0. The Morgan fingerprint density at radius 3 is 3.10 bits per heavy atom. The van der Waals surface area contributed by atoms with Crippen LogP contribution >= 0.6 is 0 Å². The van der Waals surface area contributed by atoms with E-state index in [9.17, 15) is 10.1 Å². The number of nitrogens with one attached hydrogen (secondary N) is 2. The molecule has 0 fully saturated rings. The van der Waals surface area contributed by atoms with Gasteiger partial charge < -0.3 is 14.7 Å². The molecule has 0 amide bonds. The number of hydrogen-bond acceptors (Lipinski definition) is 6. The number of nitro benzene ring substituents is 1. The molecule has 2 N–H and O–H groups in total. The topological polar surface area (TPSA) is 110 Å². The first-order valence-corrected chi connectivity index (χ1v) is 6.00. The predicted octanol–water partition coefficient (Wildman–Crippen LogP) is 2.11. The summed E-state index contributed by atoms with van der Waals surface area (Å²) in [5, 5.41) is 13.9. The van der Waals surface area contributed by atoms with Crippen LogP contribution in [0.15, 0.2) is 35.0 Å². The molecule has 0 bridgehead atoms. The van der Waals surface area contributed by atoms with Gasteiger partial charge in [0.05, 0.1) is 4.92 Å². The van der Waals surface area contributed by atoms with E-state index in [1.807, 2.05) is 0 Å². The van der Waals surface area contributed by atoms with Gasteiger partial charge in [-0.1, -0.05) is 6.07 Å². The summed E-state index contributed by atoms with van der Waals surface area (Å²) >= 11 is 0. The van der Waals surface area contributed by atoms with Crippen molar-refractivity contribution in [3.05, 3.63) is 46.5 Å². The molecule has 0 aliphatic heterocycles. The van der Waals surface area contributed by atoms with Crippen molar-refractivity contribution in [3.8, 4) is 0 Å². The highest BCUT2D eigenvalue weighted by Gasteiger charge is 2.17. The lowest BCUT2D eigenvalue weighted by Crippen LogP contribution is -2.05. The number of nitrogens with zero attached hydrogens (tertiary/aromatic N) is 3. The number of aromatic amines is 1. The molecule has 0 aliphatic carbocycles. The molecule has 0 radical (unpaired) electrons. The molecule has 102 valence electrons.